The van der Waals surface area contributed by atoms with Crippen molar-refractivity contribution in [1.29, 1.82) is 0 Å². The maximum atomic E-state index is 10.3. The number of carbonyl (C=O) groups is 1. The van der Waals surface area contributed by atoms with Crippen molar-refractivity contribution in [3.8, 4) is 0 Å². The molecule has 0 fully saturated rings. The van der Waals surface area contributed by atoms with Crippen LogP contribution in [0.4, 0.5) is 0 Å². The number of unbranched alkanes of at least 4 members (excludes halogenated alkanes) is 14. The third kappa shape index (κ3) is 41.6. The summed E-state index contributed by atoms with van der Waals surface area (Å²) < 4.78 is 0. The number of carboxylic acids is 1. The van der Waals surface area contributed by atoms with Crippen molar-refractivity contribution in [2.45, 2.75) is 110 Å². The van der Waals surface area contributed by atoms with Crippen LogP contribution in [0, 0.1) is 83.5 Å². The van der Waals surface area contributed by atoms with Crippen LogP contribution in [0.15, 0.2) is 0 Å². The molecule has 25 heavy (non-hydrogen) atoms. The van der Waals surface area contributed by atoms with Crippen LogP contribution in [0.3, 0.4) is 0 Å². The molecule has 0 saturated carbocycles. The van der Waals surface area contributed by atoms with Gasteiger partial charge in [-0.15, -0.1) is 0 Å². The van der Waals surface area contributed by atoms with Crippen molar-refractivity contribution in [2.75, 3.05) is 0 Å². The van der Waals surface area contributed by atoms with Gasteiger partial charge in [-0.25, -0.2) is 0 Å². The van der Waals surface area contributed by atoms with E-state index in [0.717, 1.165) is 12.8 Å². The minimum absolute atomic E-state index is 0. The molecule has 0 aliphatic rings. The number of aliphatic carboxylic acids is 1. The van der Waals surface area contributed by atoms with Gasteiger partial charge in [0.15, 0.2) is 0 Å². The largest absolute Gasteiger partial charge is 3.00 e. The van der Waals surface area contributed by atoms with E-state index in [0.29, 0.717) is 6.42 Å². The topological polar surface area (TPSA) is 123 Å². The standard InChI is InChI=1S/C18H36O2.2Ce.3O/c1-2-3-4-5-6-7-8-9-10-11-12-13-14-15-16-17-18(19)20;;;;;/h2-17H2,1H3,(H,19,20);;;;;/q;2*+3;3*-2. The summed E-state index contributed by atoms with van der Waals surface area (Å²) in [6.45, 7) is 2.27. The number of hydrogen-bond donors (Lipinski definition) is 1. The Morgan fingerprint density at radius 2 is 0.800 bits per heavy atom. The zero-order valence-corrected chi connectivity index (χ0v) is 22.2. The Labute approximate surface area is 222 Å². The molecule has 0 aromatic rings. The molecule has 0 amide bonds. The van der Waals surface area contributed by atoms with Gasteiger partial charge in [0.1, 0.15) is 0 Å². The molecule has 1 N–H and O–H groups in total. The molecule has 0 rings (SSSR count). The van der Waals surface area contributed by atoms with Gasteiger partial charge in [0.25, 0.3) is 0 Å². The quantitative estimate of drug-likeness (QED) is 0.216. The van der Waals surface area contributed by atoms with E-state index in [4.69, 9.17) is 5.11 Å². The van der Waals surface area contributed by atoms with E-state index in [1.807, 2.05) is 0 Å². The summed E-state index contributed by atoms with van der Waals surface area (Å²) in [5, 5.41) is 8.52. The van der Waals surface area contributed by atoms with Crippen molar-refractivity contribution in [3.63, 3.8) is 0 Å². The van der Waals surface area contributed by atoms with E-state index in [1.165, 1.54) is 83.5 Å². The van der Waals surface area contributed by atoms with E-state index >= 15 is 0 Å². The molecule has 7 heteroatoms. The van der Waals surface area contributed by atoms with Crippen molar-refractivity contribution < 1.29 is 110 Å². The average molecular weight is 613 g/mol. The normalized spacial score (nSPS) is 8.68. The summed E-state index contributed by atoms with van der Waals surface area (Å²) >= 11 is 0. The molecule has 0 aromatic carbocycles. The third-order valence-corrected chi connectivity index (χ3v) is 3.99. The molecule has 146 valence electrons. The number of carboxylic acid groups (broad SMARTS) is 1. The minimum atomic E-state index is -0.653. The Kier molecular flexibility index (Phi) is 61.3. The predicted molar refractivity (Wildman–Crippen MR) is 89.2 cm³/mol. The van der Waals surface area contributed by atoms with Gasteiger partial charge >= 0.3 is 89.5 Å². The smallest absolute Gasteiger partial charge is 2.00 e. The zero-order valence-electron chi connectivity index (χ0n) is 15.9. The van der Waals surface area contributed by atoms with Gasteiger partial charge < -0.3 is 21.5 Å². The van der Waals surface area contributed by atoms with Crippen LogP contribution in [0.25, 0.3) is 0 Å². The molecule has 0 saturated heterocycles. The monoisotopic (exact) mass is 612 g/mol. The second-order valence-electron chi connectivity index (χ2n) is 6.09. The number of rotatable bonds is 16. The van der Waals surface area contributed by atoms with Crippen LogP contribution in [0.5, 0.6) is 0 Å². The molecule has 0 bridgehead atoms. The first-order valence-corrected chi connectivity index (χ1v) is 8.99. The molecule has 0 heterocycles. The Morgan fingerprint density at radius 1 is 0.560 bits per heavy atom. The van der Waals surface area contributed by atoms with Crippen LogP contribution in [0.1, 0.15) is 110 Å². The maximum absolute atomic E-state index is 10.3. The van der Waals surface area contributed by atoms with Crippen LogP contribution in [-0.4, -0.2) is 11.1 Å². The molecule has 0 atom stereocenters. The van der Waals surface area contributed by atoms with Gasteiger partial charge in [-0.2, -0.15) is 0 Å². The second-order valence-corrected chi connectivity index (χ2v) is 6.09. The van der Waals surface area contributed by atoms with Crippen molar-refractivity contribution >= 4 is 5.97 Å². The van der Waals surface area contributed by atoms with Crippen molar-refractivity contribution in [3.05, 3.63) is 0 Å². The summed E-state index contributed by atoms with van der Waals surface area (Å²) in [4.78, 5) is 10.3. The first-order valence-electron chi connectivity index (χ1n) is 8.99. The second kappa shape index (κ2) is 36.9. The molecule has 5 nitrogen and oxygen atoms in total. The number of hydrogen-bond acceptors (Lipinski definition) is 1. The summed E-state index contributed by atoms with van der Waals surface area (Å²) in [5.74, 6) is -0.653. The van der Waals surface area contributed by atoms with Crippen molar-refractivity contribution in [2.24, 2.45) is 0 Å². The molecule has 0 aliphatic carbocycles. The summed E-state index contributed by atoms with van der Waals surface area (Å²) in [6.07, 6.45) is 20.2. The first-order chi connectivity index (χ1) is 9.77. The van der Waals surface area contributed by atoms with Crippen LogP contribution < -0.4 is 0 Å². The van der Waals surface area contributed by atoms with Gasteiger partial charge in [0.05, 0.1) is 0 Å². The zero-order chi connectivity index (χ0) is 14.9. The first kappa shape index (κ1) is 41.5. The van der Waals surface area contributed by atoms with E-state index in [-0.39, 0.29) is 99.9 Å². The van der Waals surface area contributed by atoms with E-state index < -0.39 is 5.97 Å². The molecule has 0 spiro atoms. The molecule has 2 radical (unpaired) electrons. The van der Waals surface area contributed by atoms with Crippen molar-refractivity contribution in [1.82, 2.24) is 0 Å². The van der Waals surface area contributed by atoms with Gasteiger partial charge in [0.2, 0.25) is 0 Å². The molecule has 0 aromatic heterocycles. The van der Waals surface area contributed by atoms with E-state index in [1.54, 1.807) is 0 Å². The maximum Gasteiger partial charge on any atom is 3.00 e. The SMILES string of the molecule is CCCCCCCCCCCCCCCCCC(=O)O.[Ce+3].[Ce+3].[O-2].[O-2].[O-2]. The predicted octanol–water partition coefficient (Wildman–Crippen LogP) is 5.98. The Hall–Kier alpha value is 2.10. The van der Waals surface area contributed by atoms with Gasteiger partial charge in [-0.3, -0.25) is 4.79 Å². The fourth-order valence-electron chi connectivity index (χ4n) is 2.65. The fourth-order valence-corrected chi connectivity index (χ4v) is 2.65. The Bertz CT molecular complexity index is 220. The molecule has 0 aliphatic heterocycles. The van der Waals surface area contributed by atoms with Gasteiger partial charge in [0, 0.05) is 6.42 Å². The van der Waals surface area contributed by atoms with E-state index in [9.17, 15) is 4.79 Å². The van der Waals surface area contributed by atoms with Crippen LogP contribution in [-0.2, 0) is 21.2 Å². The minimum Gasteiger partial charge on any atom is -2.00 e. The van der Waals surface area contributed by atoms with Gasteiger partial charge in [-0.1, -0.05) is 96.8 Å². The van der Waals surface area contributed by atoms with Crippen LogP contribution >= 0.6 is 0 Å². The van der Waals surface area contributed by atoms with E-state index in [2.05, 4.69) is 6.92 Å². The Balaban J connectivity index is -0.000000180. The van der Waals surface area contributed by atoms with Crippen LogP contribution in [0.2, 0.25) is 0 Å². The summed E-state index contributed by atoms with van der Waals surface area (Å²) in [7, 11) is 0. The summed E-state index contributed by atoms with van der Waals surface area (Å²) in [5.41, 5.74) is 0. The van der Waals surface area contributed by atoms with Gasteiger partial charge in [-0.05, 0) is 6.42 Å². The Morgan fingerprint density at radius 3 is 1.04 bits per heavy atom. The fraction of sp³-hybridized carbons (Fsp3) is 0.944. The average Bonchev–Trinajstić information content (AvgIpc) is 2.43. The summed E-state index contributed by atoms with van der Waals surface area (Å²) in [6, 6.07) is 0. The molecular weight excluding hydrogens is 576 g/mol. The third-order valence-electron chi connectivity index (χ3n) is 3.99. The molecular formula is C18H36Ce2O5. The molecule has 0 unspecified atom stereocenters.